The van der Waals surface area contributed by atoms with Crippen molar-refractivity contribution in [3.8, 4) is 23.1 Å². The summed E-state index contributed by atoms with van der Waals surface area (Å²) in [6, 6.07) is 18.9. The molecule has 3 heterocycles. The van der Waals surface area contributed by atoms with Crippen LogP contribution < -0.4 is 5.32 Å². The molecule has 0 fully saturated rings. The zero-order chi connectivity index (χ0) is 20.8. The molecule has 0 bridgehead atoms. The van der Waals surface area contributed by atoms with Crippen molar-refractivity contribution in [1.82, 2.24) is 15.0 Å². The number of rotatable bonds is 3. The van der Waals surface area contributed by atoms with Gasteiger partial charge in [-0.3, -0.25) is 14.8 Å². The molecule has 0 aliphatic heterocycles. The van der Waals surface area contributed by atoms with Gasteiger partial charge in [0, 0.05) is 41.5 Å². The Hall–Kier alpha value is -4.30. The Kier molecular flexibility index (Phi) is 5.59. The van der Waals surface area contributed by atoms with Gasteiger partial charge in [-0.05, 0) is 55.0 Å². The zero-order valence-corrected chi connectivity index (χ0v) is 16.3. The molecule has 0 aliphatic rings. The number of nitrogens with one attached hydrogen (secondary N) is 1. The molecule has 4 aromatic rings. The van der Waals surface area contributed by atoms with Crippen LogP contribution in [0.25, 0.3) is 11.3 Å². The first-order valence-electron chi connectivity index (χ1n) is 9.40. The number of benzene rings is 1. The molecule has 3 aromatic heterocycles. The van der Waals surface area contributed by atoms with Gasteiger partial charge in [0.15, 0.2) is 0 Å². The van der Waals surface area contributed by atoms with Gasteiger partial charge < -0.3 is 5.32 Å². The lowest BCUT2D eigenvalue weighted by Crippen LogP contribution is -2.14. The summed E-state index contributed by atoms with van der Waals surface area (Å²) in [5.41, 5.74) is 4.86. The predicted octanol–water partition coefficient (Wildman–Crippen LogP) is 4.50. The van der Waals surface area contributed by atoms with Gasteiger partial charge in [-0.1, -0.05) is 30.0 Å². The van der Waals surface area contributed by atoms with E-state index in [0.717, 1.165) is 27.9 Å². The van der Waals surface area contributed by atoms with Crippen molar-refractivity contribution < 1.29 is 4.79 Å². The maximum absolute atomic E-state index is 12.4. The van der Waals surface area contributed by atoms with E-state index in [1.165, 1.54) is 6.20 Å². The van der Waals surface area contributed by atoms with Crippen LogP contribution in [0.5, 0.6) is 0 Å². The second kappa shape index (κ2) is 8.80. The Balaban J connectivity index is 1.54. The van der Waals surface area contributed by atoms with Crippen LogP contribution in [0.15, 0.2) is 85.5 Å². The molecule has 0 saturated heterocycles. The number of aromatic nitrogens is 3. The standard InChI is InChI=1S/C25H18N4O/c1-18-6-13-23(28-24(18)29-25(30)22-5-3-15-27-17-22)21-11-9-19(10-12-21)7-8-20-4-2-14-26-16-20/h2-6,9-17H,1H3,(H,28,29,30). The minimum Gasteiger partial charge on any atom is -0.306 e. The molecule has 0 aliphatic carbocycles. The van der Waals surface area contributed by atoms with Crippen molar-refractivity contribution >= 4 is 11.7 Å². The Morgan fingerprint density at radius 1 is 0.833 bits per heavy atom. The summed E-state index contributed by atoms with van der Waals surface area (Å²) < 4.78 is 0. The van der Waals surface area contributed by atoms with Crippen molar-refractivity contribution in [1.29, 1.82) is 0 Å². The average molecular weight is 390 g/mol. The third-order valence-electron chi connectivity index (χ3n) is 4.45. The lowest BCUT2D eigenvalue weighted by Gasteiger charge is -2.10. The molecule has 1 N–H and O–H groups in total. The van der Waals surface area contributed by atoms with Crippen LogP contribution in [0.2, 0.25) is 0 Å². The van der Waals surface area contributed by atoms with Crippen LogP contribution >= 0.6 is 0 Å². The number of hydrogen-bond acceptors (Lipinski definition) is 4. The number of nitrogens with zero attached hydrogens (tertiary/aromatic N) is 3. The zero-order valence-electron chi connectivity index (χ0n) is 16.3. The van der Waals surface area contributed by atoms with Gasteiger partial charge >= 0.3 is 0 Å². The summed E-state index contributed by atoms with van der Waals surface area (Å²) in [6.07, 6.45) is 6.62. The van der Waals surface area contributed by atoms with Crippen molar-refractivity contribution in [2.24, 2.45) is 0 Å². The van der Waals surface area contributed by atoms with E-state index < -0.39 is 0 Å². The second-order valence-corrected chi connectivity index (χ2v) is 6.63. The van der Waals surface area contributed by atoms with E-state index >= 15 is 0 Å². The topological polar surface area (TPSA) is 67.8 Å². The Labute approximate surface area is 174 Å². The van der Waals surface area contributed by atoms with Gasteiger partial charge in [-0.15, -0.1) is 0 Å². The van der Waals surface area contributed by atoms with E-state index in [1.807, 2.05) is 55.5 Å². The minimum atomic E-state index is -0.239. The Morgan fingerprint density at radius 3 is 2.27 bits per heavy atom. The van der Waals surface area contributed by atoms with E-state index in [1.54, 1.807) is 30.7 Å². The lowest BCUT2D eigenvalue weighted by atomic mass is 10.1. The average Bonchev–Trinajstić information content (AvgIpc) is 2.81. The number of amides is 1. The van der Waals surface area contributed by atoms with Crippen LogP contribution in [-0.2, 0) is 0 Å². The van der Waals surface area contributed by atoms with E-state index in [9.17, 15) is 4.79 Å². The van der Waals surface area contributed by atoms with Crippen LogP contribution in [0.1, 0.15) is 27.0 Å². The molecule has 4 rings (SSSR count). The van der Waals surface area contributed by atoms with Crippen molar-refractivity contribution in [2.45, 2.75) is 6.92 Å². The number of anilines is 1. The van der Waals surface area contributed by atoms with Gasteiger partial charge in [0.25, 0.3) is 5.91 Å². The first-order chi connectivity index (χ1) is 14.7. The molecule has 5 nitrogen and oxygen atoms in total. The summed E-state index contributed by atoms with van der Waals surface area (Å²) in [6.45, 7) is 1.91. The van der Waals surface area contributed by atoms with E-state index in [-0.39, 0.29) is 5.91 Å². The quantitative estimate of drug-likeness (QED) is 0.523. The van der Waals surface area contributed by atoms with Crippen LogP contribution in [0.4, 0.5) is 5.82 Å². The molecule has 30 heavy (non-hydrogen) atoms. The molecule has 0 radical (unpaired) electrons. The monoisotopic (exact) mass is 390 g/mol. The highest BCUT2D eigenvalue weighted by atomic mass is 16.1. The number of aryl methyl sites for hydroxylation is 1. The fraction of sp³-hybridized carbons (Fsp3) is 0.0400. The number of carbonyl (C=O) groups excluding carboxylic acids is 1. The molecular weight excluding hydrogens is 372 g/mol. The fourth-order valence-electron chi connectivity index (χ4n) is 2.80. The maximum Gasteiger partial charge on any atom is 0.258 e. The molecule has 0 atom stereocenters. The number of carbonyl (C=O) groups is 1. The largest absolute Gasteiger partial charge is 0.306 e. The molecule has 0 spiro atoms. The van der Waals surface area contributed by atoms with Crippen molar-refractivity contribution in [2.75, 3.05) is 5.32 Å². The summed E-state index contributed by atoms with van der Waals surface area (Å²) in [5.74, 6) is 6.51. The van der Waals surface area contributed by atoms with E-state index in [2.05, 4.69) is 32.1 Å². The highest BCUT2D eigenvalue weighted by molar-refractivity contribution is 6.03. The summed E-state index contributed by atoms with van der Waals surface area (Å²) >= 11 is 0. The fourth-order valence-corrected chi connectivity index (χ4v) is 2.80. The van der Waals surface area contributed by atoms with Crippen molar-refractivity contribution in [3.05, 3.63) is 108 Å². The first-order valence-corrected chi connectivity index (χ1v) is 9.40. The van der Waals surface area contributed by atoms with Crippen molar-refractivity contribution in [3.63, 3.8) is 0 Å². The first kappa shape index (κ1) is 19.0. The van der Waals surface area contributed by atoms with Crippen LogP contribution in [0, 0.1) is 18.8 Å². The predicted molar refractivity (Wildman–Crippen MR) is 117 cm³/mol. The van der Waals surface area contributed by atoms with Gasteiger partial charge in [-0.2, -0.15) is 0 Å². The molecular formula is C25H18N4O. The molecule has 5 heteroatoms. The molecule has 0 unspecified atom stereocenters. The summed E-state index contributed by atoms with van der Waals surface area (Å²) in [4.78, 5) is 25.1. The van der Waals surface area contributed by atoms with E-state index in [0.29, 0.717) is 11.4 Å². The lowest BCUT2D eigenvalue weighted by molar-refractivity contribution is 0.102. The second-order valence-electron chi connectivity index (χ2n) is 6.63. The molecule has 0 saturated carbocycles. The number of hydrogen-bond donors (Lipinski definition) is 1. The highest BCUT2D eigenvalue weighted by Gasteiger charge is 2.10. The van der Waals surface area contributed by atoms with Gasteiger partial charge in [-0.25, -0.2) is 4.98 Å². The maximum atomic E-state index is 12.4. The van der Waals surface area contributed by atoms with Gasteiger partial charge in [0.2, 0.25) is 0 Å². The molecule has 1 aromatic carbocycles. The number of pyridine rings is 3. The normalized spacial score (nSPS) is 10.0. The van der Waals surface area contributed by atoms with Gasteiger partial charge in [0.1, 0.15) is 5.82 Å². The van der Waals surface area contributed by atoms with Crippen LogP contribution in [-0.4, -0.2) is 20.9 Å². The smallest absolute Gasteiger partial charge is 0.258 e. The van der Waals surface area contributed by atoms with Crippen LogP contribution in [0.3, 0.4) is 0 Å². The summed E-state index contributed by atoms with van der Waals surface area (Å²) in [5, 5.41) is 2.87. The Bertz CT molecular complexity index is 1230. The molecule has 1 amide bonds. The summed E-state index contributed by atoms with van der Waals surface area (Å²) in [7, 11) is 0. The van der Waals surface area contributed by atoms with E-state index in [4.69, 9.17) is 0 Å². The van der Waals surface area contributed by atoms with Gasteiger partial charge in [0.05, 0.1) is 11.3 Å². The SMILES string of the molecule is Cc1ccc(-c2ccc(C#Cc3cccnc3)cc2)nc1NC(=O)c1cccnc1. The molecule has 144 valence electrons. The third kappa shape index (κ3) is 4.57. The third-order valence-corrected chi connectivity index (χ3v) is 4.45. The highest BCUT2D eigenvalue weighted by Crippen LogP contribution is 2.22. The minimum absolute atomic E-state index is 0.239. The Morgan fingerprint density at radius 2 is 1.57 bits per heavy atom.